The number of pyridine rings is 1. The summed E-state index contributed by atoms with van der Waals surface area (Å²) in [6.45, 7) is 7.39. The van der Waals surface area contributed by atoms with Gasteiger partial charge in [0, 0.05) is 31.4 Å². The van der Waals surface area contributed by atoms with Gasteiger partial charge < -0.3 is 10.1 Å². The van der Waals surface area contributed by atoms with Gasteiger partial charge in [-0.15, -0.1) is 6.58 Å². The van der Waals surface area contributed by atoms with Gasteiger partial charge in [-0.05, 0) is 55.3 Å². The second-order valence-corrected chi connectivity index (χ2v) is 10.8. The minimum Gasteiger partial charge on any atom is -0.497 e. The Balaban J connectivity index is 1.68. The fraction of sp³-hybridized carbons (Fsp3) is 0.296. The molecule has 0 aliphatic heterocycles. The highest BCUT2D eigenvalue weighted by molar-refractivity contribution is 7.88. The van der Waals surface area contributed by atoms with Gasteiger partial charge in [0.05, 0.1) is 12.8 Å². The monoisotopic (exact) mass is 496 g/mol. The van der Waals surface area contributed by atoms with Crippen molar-refractivity contribution in [1.29, 1.82) is 0 Å². The highest BCUT2D eigenvalue weighted by atomic mass is 32.2. The summed E-state index contributed by atoms with van der Waals surface area (Å²) < 4.78 is 37.8. The Hall–Kier alpha value is -3.39. The van der Waals surface area contributed by atoms with Crippen molar-refractivity contribution in [2.24, 2.45) is 7.05 Å². The molecule has 1 aliphatic rings. The molecule has 2 N–H and O–H groups in total. The molecule has 3 unspecified atom stereocenters. The van der Waals surface area contributed by atoms with Crippen LogP contribution in [0.1, 0.15) is 35.4 Å². The molecular formula is C27H31FN3O3S+. The number of nitrogens with zero attached hydrogens (tertiary/aromatic N) is 1. The van der Waals surface area contributed by atoms with Gasteiger partial charge in [-0.2, -0.15) is 0 Å². The van der Waals surface area contributed by atoms with Crippen LogP contribution in [0.25, 0.3) is 0 Å². The number of hydrogen-bond donors (Lipinski definition) is 2. The third kappa shape index (κ3) is 4.75. The zero-order valence-corrected chi connectivity index (χ0v) is 21.3. The van der Waals surface area contributed by atoms with Crippen LogP contribution < -0.4 is 20.3 Å². The lowest BCUT2D eigenvalue weighted by Crippen LogP contribution is -2.27. The Morgan fingerprint density at radius 3 is 2.69 bits per heavy atom. The van der Waals surface area contributed by atoms with Crippen molar-refractivity contribution < 1.29 is 13.3 Å². The molecule has 1 saturated carbocycles. The van der Waals surface area contributed by atoms with E-state index < -0.39 is 21.5 Å². The molecule has 6 nitrogen and oxygen atoms in total. The smallest absolute Gasteiger partial charge is 0.254 e. The predicted molar refractivity (Wildman–Crippen MR) is 142 cm³/mol. The molecule has 2 aromatic carbocycles. The van der Waals surface area contributed by atoms with Crippen LogP contribution in [-0.4, -0.2) is 16.4 Å². The molecule has 1 aromatic heterocycles. The first-order chi connectivity index (χ1) is 16.7. The Bertz CT molecular complexity index is 1370. The van der Waals surface area contributed by atoms with Gasteiger partial charge in [-0.25, -0.2) is 9.11 Å². The van der Waals surface area contributed by atoms with Crippen LogP contribution in [0.5, 0.6) is 5.75 Å². The van der Waals surface area contributed by atoms with Gasteiger partial charge in [-0.1, -0.05) is 28.5 Å². The van der Waals surface area contributed by atoms with Gasteiger partial charge >= 0.3 is 0 Å². The Morgan fingerprint density at radius 1 is 1.23 bits per heavy atom. The molecule has 184 valence electrons. The van der Waals surface area contributed by atoms with Crippen LogP contribution in [0.2, 0.25) is 0 Å². The molecule has 1 heterocycles. The van der Waals surface area contributed by atoms with Crippen LogP contribution >= 0.6 is 0 Å². The molecular weight excluding hydrogens is 465 g/mol. The van der Waals surface area contributed by atoms with Crippen LogP contribution in [0.3, 0.4) is 0 Å². The summed E-state index contributed by atoms with van der Waals surface area (Å²) in [4.78, 5) is 12.7. The molecule has 3 atom stereocenters. The van der Waals surface area contributed by atoms with Gasteiger partial charge in [0.2, 0.25) is 0 Å². The zero-order valence-electron chi connectivity index (χ0n) is 20.4. The SMILES string of the molecule is C=CCC1([SH+](=O)Nc2cc(C)c(=O)n(C)c2Nc2ccc(C)cc2F)CC1c1cccc(OC)c1. The first kappa shape index (κ1) is 24.7. The molecule has 8 heteroatoms. The van der Waals surface area contributed by atoms with Crippen molar-refractivity contribution >= 4 is 28.2 Å². The molecule has 0 bridgehead atoms. The number of thiol groups is 1. The van der Waals surface area contributed by atoms with E-state index in [-0.39, 0.29) is 17.2 Å². The Labute approximate surface area is 207 Å². The maximum Gasteiger partial charge on any atom is 0.254 e. The number of nitrogens with one attached hydrogen (secondary N) is 2. The predicted octanol–water partition coefficient (Wildman–Crippen LogP) is 5.42. The van der Waals surface area contributed by atoms with E-state index >= 15 is 0 Å². The van der Waals surface area contributed by atoms with Crippen molar-refractivity contribution in [3.05, 3.63) is 94.0 Å². The average Bonchev–Trinajstić information content (AvgIpc) is 3.57. The lowest BCUT2D eigenvalue weighted by molar-refractivity contribution is 0.414. The summed E-state index contributed by atoms with van der Waals surface area (Å²) in [5.74, 6) is 0.743. The van der Waals surface area contributed by atoms with E-state index in [4.69, 9.17) is 4.74 Å². The molecule has 0 amide bonds. The lowest BCUT2D eigenvalue weighted by Gasteiger charge is -2.18. The summed E-state index contributed by atoms with van der Waals surface area (Å²) in [5, 5.41) is 3.03. The summed E-state index contributed by atoms with van der Waals surface area (Å²) in [6.07, 6.45) is 3.09. The number of halogens is 1. The number of ether oxygens (including phenoxy) is 1. The van der Waals surface area contributed by atoms with E-state index in [0.29, 0.717) is 23.5 Å². The molecule has 1 aliphatic carbocycles. The number of rotatable bonds is 9. The molecule has 4 rings (SSSR count). The van der Waals surface area contributed by atoms with Crippen LogP contribution in [0.15, 0.2) is 66.0 Å². The van der Waals surface area contributed by atoms with E-state index in [2.05, 4.69) is 16.6 Å². The second kappa shape index (κ2) is 9.70. The summed E-state index contributed by atoms with van der Waals surface area (Å²) in [6, 6.07) is 14.3. The lowest BCUT2D eigenvalue weighted by atomic mass is 10.1. The van der Waals surface area contributed by atoms with Gasteiger partial charge in [0.25, 0.3) is 5.56 Å². The van der Waals surface area contributed by atoms with Crippen molar-refractivity contribution in [2.75, 3.05) is 17.1 Å². The molecule has 0 saturated heterocycles. The number of methoxy groups -OCH3 is 1. The number of benzene rings is 2. The van der Waals surface area contributed by atoms with E-state index in [1.165, 1.54) is 10.6 Å². The first-order valence-electron chi connectivity index (χ1n) is 11.4. The van der Waals surface area contributed by atoms with Gasteiger partial charge in [0.15, 0.2) is 15.7 Å². The first-order valence-corrected chi connectivity index (χ1v) is 12.7. The van der Waals surface area contributed by atoms with Crippen LogP contribution in [0, 0.1) is 19.7 Å². The topological polar surface area (TPSA) is 72.4 Å². The number of hydrogen-bond acceptors (Lipinski definition) is 4. The minimum atomic E-state index is -1.97. The largest absolute Gasteiger partial charge is 0.497 e. The fourth-order valence-electron chi connectivity index (χ4n) is 4.56. The maximum atomic E-state index is 14.6. The standard InChI is InChI=1S/C27H30FN3O3S/c1-6-12-27(16-21(27)19-8-7-9-20(15-19)34-5)35(33)30-24-14-18(3)26(32)31(4)25(24)29-23-11-10-17(2)13-22(23)28/h6-11,13-15,21,29H,1,12,16H2,2-5H3,(H,30,33)/p+1. The average molecular weight is 497 g/mol. The summed E-state index contributed by atoms with van der Waals surface area (Å²) in [7, 11) is 1.26. The quantitative estimate of drug-likeness (QED) is 0.236. The van der Waals surface area contributed by atoms with E-state index in [1.807, 2.05) is 24.3 Å². The number of aryl methyl sites for hydroxylation is 2. The zero-order chi connectivity index (χ0) is 25.3. The van der Waals surface area contributed by atoms with E-state index in [9.17, 15) is 13.4 Å². The third-order valence-electron chi connectivity index (χ3n) is 6.64. The van der Waals surface area contributed by atoms with Gasteiger partial charge in [0.1, 0.15) is 23.1 Å². The van der Waals surface area contributed by atoms with Crippen LogP contribution in [-0.2, 0) is 22.2 Å². The normalized spacial score (nSPS) is 19.6. The number of allylic oxidation sites excluding steroid dienone is 1. The Morgan fingerprint density at radius 2 is 2.00 bits per heavy atom. The van der Waals surface area contributed by atoms with Crippen molar-refractivity contribution in [3.63, 3.8) is 0 Å². The maximum absolute atomic E-state index is 14.6. The molecule has 0 radical (unpaired) electrons. The number of aromatic nitrogens is 1. The molecule has 0 spiro atoms. The molecule has 35 heavy (non-hydrogen) atoms. The van der Waals surface area contributed by atoms with E-state index in [0.717, 1.165) is 23.3 Å². The summed E-state index contributed by atoms with van der Waals surface area (Å²) >= 11 is 0. The third-order valence-corrected chi connectivity index (χ3v) is 8.57. The van der Waals surface area contributed by atoms with Crippen LogP contribution in [0.4, 0.5) is 21.6 Å². The van der Waals surface area contributed by atoms with Crippen molar-refractivity contribution in [2.45, 2.75) is 37.4 Å². The summed E-state index contributed by atoms with van der Waals surface area (Å²) in [5.41, 5.74) is 2.83. The fourth-order valence-corrected chi connectivity index (χ4v) is 6.25. The molecule has 3 aromatic rings. The number of anilines is 3. The highest BCUT2D eigenvalue weighted by Gasteiger charge is 2.64. The Kier molecular flexibility index (Phi) is 6.85. The van der Waals surface area contributed by atoms with Crippen molar-refractivity contribution in [3.8, 4) is 5.75 Å². The minimum absolute atomic E-state index is 0.0753. The van der Waals surface area contributed by atoms with E-state index in [1.54, 1.807) is 52.3 Å². The van der Waals surface area contributed by atoms with Crippen molar-refractivity contribution in [1.82, 2.24) is 4.57 Å². The second-order valence-electron chi connectivity index (χ2n) is 9.10. The van der Waals surface area contributed by atoms with Gasteiger partial charge in [-0.3, -0.25) is 9.36 Å². The molecule has 1 fully saturated rings. The highest BCUT2D eigenvalue weighted by Crippen LogP contribution is 2.58.